The van der Waals surface area contributed by atoms with Crippen LogP contribution in [0.4, 0.5) is 10.5 Å². The quantitative estimate of drug-likeness (QED) is 0.568. The molecule has 7 heteroatoms. The molecule has 1 aromatic rings. The average Bonchev–Trinajstić information content (AvgIpc) is 2.53. The molecule has 1 fully saturated rings. The first-order valence-corrected chi connectivity index (χ1v) is 8.34. The first-order chi connectivity index (χ1) is 11.4. The Kier molecular flexibility index (Phi) is 6.14. The molecule has 3 unspecified atom stereocenters. The number of nitrogens with zero attached hydrogens (tertiary/aromatic N) is 1. The van der Waals surface area contributed by atoms with Crippen molar-refractivity contribution in [2.45, 2.75) is 51.7 Å². The summed E-state index contributed by atoms with van der Waals surface area (Å²) in [6.45, 7) is 4.01. The Labute approximate surface area is 141 Å². The van der Waals surface area contributed by atoms with Gasteiger partial charge in [-0.05, 0) is 44.6 Å². The number of nitrogens with one attached hydrogen (secondary N) is 2. The lowest BCUT2D eigenvalue weighted by Gasteiger charge is -2.26. The van der Waals surface area contributed by atoms with Gasteiger partial charge in [0.05, 0.1) is 17.1 Å². The number of urea groups is 1. The summed E-state index contributed by atoms with van der Waals surface area (Å²) in [5, 5.41) is 26.3. The number of hydrogen-bond donors (Lipinski definition) is 3. The van der Waals surface area contributed by atoms with E-state index in [1.807, 2.05) is 0 Å². The normalized spacial score (nSPS) is 21.8. The fraction of sp³-hybridized carbons (Fsp3) is 0.588. The minimum Gasteiger partial charge on any atom is -0.393 e. The molecule has 2 rings (SSSR count). The van der Waals surface area contributed by atoms with Crippen molar-refractivity contribution in [3.05, 3.63) is 39.4 Å². The van der Waals surface area contributed by atoms with Gasteiger partial charge < -0.3 is 15.7 Å². The zero-order chi connectivity index (χ0) is 17.7. The lowest BCUT2D eigenvalue weighted by molar-refractivity contribution is -0.385. The molecular weight excluding hydrogens is 310 g/mol. The second-order valence-electron chi connectivity index (χ2n) is 6.57. The van der Waals surface area contributed by atoms with Crippen LogP contribution in [0.1, 0.15) is 49.8 Å². The average molecular weight is 335 g/mol. The molecule has 0 saturated heterocycles. The predicted molar refractivity (Wildman–Crippen MR) is 90.7 cm³/mol. The van der Waals surface area contributed by atoms with E-state index in [-0.39, 0.29) is 23.9 Å². The number of hydrogen-bond acceptors (Lipinski definition) is 4. The Morgan fingerprint density at radius 1 is 1.46 bits per heavy atom. The number of nitro groups is 1. The topological polar surface area (TPSA) is 104 Å². The number of benzene rings is 1. The standard InChI is InChI=1S/C17H25N3O4/c1-11-6-7-14(9-16(11)20(23)24)12(2)19-17(22)18-10-13-4-3-5-15(21)8-13/h6-7,9,12-13,15,21H,3-5,8,10H2,1-2H3,(H2,18,19,22). The number of rotatable bonds is 5. The van der Waals surface area contributed by atoms with Gasteiger partial charge in [0, 0.05) is 18.2 Å². The van der Waals surface area contributed by atoms with Crippen molar-refractivity contribution in [3.8, 4) is 0 Å². The molecule has 0 bridgehead atoms. The molecule has 0 aromatic heterocycles. The van der Waals surface area contributed by atoms with Crippen molar-refractivity contribution >= 4 is 11.7 Å². The number of nitro benzene ring substituents is 1. The largest absolute Gasteiger partial charge is 0.393 e. The highest BCUT2D eigenvalue weighted by Crippen LogP contribution is 2.24. The molecule has 132 valence electrons. The smallest absolute Gasteiger partial charge is 0.315 e. The Morgan fingerprint density at radius 2 is 2.21 bits per heavy atom. The number of aliphatic hydroxyl groups excluding tert-OH is 1. The van der Waals surface area contributed by atoms with E-state index in [0.717, 1.165) is 25.7 Å². The van der Waals surface area contributed by atoms with Crippen LogP contribution in [0.25, 0.3) is 0 Å². The summed E-state index contributed by atoms with van der Waals surface area (Å²) in [5.41, 5.74) is 1.34. The molecule has 2 amide bonds. The maximum absolute atomic E-state index is 12.0. The summed E-state index contributed by atoms with van der Waals surface area (Å²) in [6, 6.07) is 4.34. The van der Waals surface area contributed by atoms with Crippen LogP contribution < -0.4 is 10.6 Å². The maximum Gasteiger partial charge on any atom is 0.315 e. The van der Waals surface area contributed by atoms with E-state index in [9.17, 15) is 20.0 Å². The van der Waals surface area contributed by atoms with Crippen LogP contribution in [0.15, 0.2) is 18.2 Å². The monoisotopic (exact) mass is 335 g/mol. The van der Waals surface area contributed by atoms with Crippen LogP contribution in [0.2, 0.25) is 0 Å². The molecule has 1 aliphatic rings. The second kappa shape index (κ2) is 8.10. The molecule has 1 aromatic carbocycles. The van der Waals surface area contributed by atoms with E-state index < -0.39 is 4.92 Å². The third kappa shape index (κ3) is 4.92. The van der Waals surface area contributed by atoms with Gasteiger partial charge in [0.15, 0.2) is 0 Å². The van der Waals surface area contributed by atoms with Gasteiger partial charge in [-0.1, -0.05) is 18.6 Å². The van der Waals surface area contributed by atoms with Gasteiger partial charge in [-0.25, -0.2) is 4.79 Å². The lowest BCUT2D eigenvalue weighted by atomic mass is 9.87. The van der Waals surface area contributed by atoms with Crippen LogP contribution >= 0.6 is 0 Å². The zero-order valence-corrected chi connectivity index (χ0v) is 14.1. The molecule has 7 nitrogen and oxygen atoms in total. The Morgan fingerprint density at radius 3 is 2.88 bits per heavy atom. The molecular formula is C17H25N3O4. The van der Waals surface area contributed by atoms with Crippen LogP contribution in [-0.2, 0) is 0 Å². The zero-order valence-electron chi connectivity index (χ0n) is 14.1. The molecule has 3 N–H and O–H groups in total. The van der Waals surface area contributed by atoms with Crippen LogP contribution in [-0.4, -0.2) is 28.7 Å². The maximum atomic E-state index is 12.0. The molecule has 0 aliphatic heterocycles. The van der Waals surface area contributed by atoms with Crippen molar-refractivity contribution < 1.29 is 14.8 Å². The summed E-state index contributed by atoms with van der Waals surface area (Å²) in [4.78, 5) is 22.6. The molecule has 1 aliphatic carbocycles. The van der Waals surface area contributed by atoms with E-state index in [1.54, 1.807) is 26.0 Å². The van der Waals surface area contributed by atoms with Crippen molar-refractivity contribution in [3.63, 3.8) is 0 Å². The molecule has 1 saturated carbocycles. The molecule has 24 heavy (non-hydrogen) atoms. The minimum atomic E-state index is -0.417. The number of amides is 2. The number of carbonyl (C=O) groups excluding carboxylic acids is 1. The van der Waals surface area contributed by atoms with Gasteiger partial charge in [0.1, 0.15) is 0 Å². The van der Waals surface area contributed by atoms with E-state index >= 15 is 0 Å². The Bertz CT molecular complexity index is 605. The van der Waals surface area contributed by atoms with Gasteiger partial charge in [-0.15, -0.1) is 0 Å². The van der Waals surface area contributed by atoms with Crippen molar-refractivity contribution in [2.24, 2.45) is 5.92 Å². The number of aryl methyl sites for hydroxylation is 1. The Hall–Kier alpha value is -2.15. The van der Waals surface area contributed by atoms with Gasteiger partial charge >= 0.3 is 6.03 Å². The number of aliphatic hydroxyl groups is 1. The van der Waals surface area contributed by atoms with E-state index in [4.69, 9.17) is 0 Å². The third-order valence-corrected chi connectivity index (χ3v) is 4.58. The van der Waals surface area contributed by atoms with E-state index in [0.29, 0.717) is 23.6 Å². The number of carbonyl (C=O) groups is 1. The predicted octanol–water partition coefficient (Wildman–Crippen LogP) is 2.81. The highest BCUT2D eigenvalue weighted by atomic mass is 16.6. The van der Waals surface area contributed by atoms with Gasteiger partial charge in [-0.2, -0.15) is 0 Å². The molecule has 0 spiro atoms. The fourth-order valence-electron chi connectivity index (χ4n) is 3.11. The van der Waals surface area contributed by atoms with Gasteiger partial charge in [-0.3, -0.25) is 10.1 Å². The third-order valence-electron chi connectivity index (χ3n) is 4.58. The van der Waals surface area contributed by atoms with Gasteiger partial charge in [0.25, 0.3) is 5.69 Å². The summed E-state index contributed by atoms with van der Waals surface area (Å²) in [5.74, 6) is 0.301. The fourth-order valence-corrected chi connectivity index (χ4v) is 3.11. The minimum absolute atomic E-state index is 0.0535. The first-order valence-electron chi connectivity index (χ1n) is 8.34. The molecule has 0 radical (unpaired) electrons. The van der Waals surface area contributed by atoms with Crippen LogP contribution in [0.5, 0.6) is 0 Å². The molecule has 3 atom stereocenters. The Balaban J connectivity index is 1.87. The molecule has 0 heterocycles. The SMILES string of the molecule is Cc1ccc(C(C)NC(=O)NCC2CCCC(O)C2)cc1[N+](=O)[O-]. The summed E-state index contributed by atoms with van der Waals surface area (Å²) in [6.07, 6.45) is 3.29. The van der Waals surface area contributed by atoms with Crippen LogP contribution in [0.3, 0.4) is 0 Å². The van der Waals surface area contributed by atoms with Crippen molar-refractivity contribution in [1.82, 2.24) is 10.6 Å². The summed E-state index contributed by atoms with van der Waals surface area (Å²) < 4.78 is 0. The van der Waals surface area contributed by atoms with Crippen molar-refractivity contribution in [1.29, 1.82) is 0 Å². The van der Waals surface area contributed by atoms with Crippen molar-refractivity contribution in [2.75, 3.05) is 6.54 Å². The van der Waals surface area contributed by atoms with Crippen LogP contribution in [0, 0.1) is 23.0 Å². The highest BCUT2D eigenvalue weighted by molar-refractivity contribution is 5.74. The van der Waals surface area contributed by atoms with Gasteiger partial charge in [0.2, 0.25) is 0 Å². The van der Waals surface area contributed by atoms with E-state index in [2.05, 4.69) is 10.6 Å². The van der Waals surface area contributed by atoms with E-state index in [1.165, 1.54) is 6.07 Å². The first kappa shape index (κ1) is 18.2. The summed E-state index contributed by atoms with van der Waals surface area (Å²) >= 11 is 0. The highest BCUT2D eigenvalue weighted by Gasteiger charge is 2.21. The lowest BCUT2D eigenvalue weighted by Crippen LogP contribution is -2.40. The summed E-state index contributed by atoms with van der Waals surface area (Å²) in [7, 11) is 0. The second-order valence-corrected chi connectivity index (χ2v) is 6.57.